The van der Waals surface area contributed by atoms with Crippen LogP contribution in [0.25, 0.3) is 0 Å². The number of carbonyl (C=O) groups excluding carboxylic acids is 1. The topological polar surface area (TPSA) is 66.9 Å². The number of hydrogen-bond donors (Lipinski definition) is 1. The highest BCUT2D eigenvalue weighted by Crippen LogP contribution is 2.15. The van der Waals surface area contributed by atoms with Gasteiger partial charge in [0.2, 0.25) is 5.88 Å². The summed E-state index contributed by atoms with van der Waals surface area (Å²) in [6.07, 6.45) is 6.41. The molecule has 2 aliphatic heterocycles. The number of methoxy groups -OCH3 is 1. The number of nitrogens with one attached hydrogen (secondary N) is 1. The Hall–Kier alpha value is -1.86. The van der Waals surface area contributed by atoms with Gasteiger partial charge in [-0.15, -0.1) is 0 Å². The van der Waals surface area contributed by atoms with E-state index in [0.717, 1.165) is 26.1 Å². The van der Waals surface area contributed by atoms with E-state index in [2.05, 4.69) is 15.2 Å². The molecule has 7 nitrogen and oxygen atoms in total. The SMILES string of the molecule is COc1ccc(NC(=O)N2CCCO[C@@H](CN3CCCCC3)C2)cn1. The standard InChI is InChI=1S/C18H28N4O3/c1-24-17-7-6-15(12-19-17)20-18(23)22-10-5-11-25-16(14-22)13-21-8-3-2-4-9-21/h6-7,12,16H,2-5,8-11,13-14H2,1H3,(H,20,23)/t16-/m0/s1. The molecule has 138 valence electrons. The fourth-order valence-corrected chi connectivity index (χ4v) is 3.40. The molecule has 0 aliphatic carbocycles. The molecule has 2 fully saturated rings. The van der Waals surface area contributed by atoms with Crippen molar-refractivity contribution in [2.75, 3.05) is 51.8 Å². The number of carbonyl (C=O) groups is 1. The van der Waals surface area contributed by atoms with Crippen LogP contribution in [0, 0.1) is 0 Å². The molecule has 2 amide bonds. The van der Waals surface area contributed by atoms with Crippen LogP contribution in [0.1, 0.15) is 25.7 Å². The number of aromatic nitrogens is 1. The van der Waals surface area contributed by atoms with Crippen LogP contribution in [-0.2, 0) is 4.74 Å². The van der Waals surface area contributed by atoms with Gasteiger partial charge in [-0.3, -0.25) is 0 Å². The minimum atomic E-state index is -0.0962. The van der Waals surface area contributed by atoms with E-state index < -0.39 is 0 Å². The van der Waals surface area contributed by atoms with E-state index in [4.69, 9.17) is 9.47 Å². The molecule has 0 saturated carbocycles. The number of ether oxygens (including phenoxy) is 2. The number of pyridine rings is 1. The van der Waals surface area contributed by atoms with Crippen LogP contribution >= 0.6 is 0 Å². The second kappa shape index (κ2) is 9.01. The zero-order valence-corrected chi connectivity index (χ0v) is 14.9. The third kappa shape index (κ3) is 5.31. The molecule has 0 spiro atoms. The molecule has 1 aromatic rings. The van der Waals surface area contributed by atoms with Crippen molar-refractivity contribution in [2.24, 2.45) is 0 Å². The second-order valence-electron chi connectivity index (χ2n) is 6.67. The van der Waals surface area contributed by atoms with Gasteiger partial charge in [0.1, 0.15) is 0 Å². The predicted octanol–water partition coefficient (Wildman–Crippen LogP) is 2.20. The number of nitrogens with zero attached hydrogens (tertiary/aromatic N) is 3. The quantitative estimate of drug-likeness (QED) is 0.903. The van der Waals surface area contributed by atoms with Gasteiger partial charge in [-0.2, -0.15) is 0 Å². The maximum Gasteiger partial charge on any atom is 0.321 e. The molecule has 2 saturated heterocycles. The molecule has 25 heavy (non-hydrogen) atoms. The Bertz CT molecular complexity index is 546. The van der Waals surface area contributed by atoms with Crippen LogP contribution in [0.15, 0.2) is 18.3 Å². The average molecular weight is 348 g/mol. The van der Waals surface area contributed by atoms with Gasteiger partial charge in [-0.25, -0.2) is 9.78 Å². The fourth-order valence-electron chi connectivity index (χ4n) is 3.40. The van der Waals surface area contributed by atoms with E-state index in [1.165, 1.54) is 19.3 Å². The summed E-state index contributed by atoms with van der Waals surface area (Å²) in [5.74, 6) is 0.530. The van der Waals surface area contributed by atoms with Crippen LogP contribution in [0.5, 0.6) is 5.88 Å². The molecule has 1 atom stereocenters. The van der Waals surface area contributed by atoms with Gasteiger partial charge in [0.15, 0.2) is 0 Å². The van der Waals surface area contributed by atoms with E-state index in [0.29, 0.717) is 31.3 Å². The van der Waals surface area contributed by atoms with E-state index in [1.807, 2.05) is 4.90 Å². The third-order valence-electron chi connectivity index (χ3n) is 4.74. The van der Waals surface area contributed by atoms with Crippen molar-refractivity contribution in [3.63, 3.8) is 0 Å². The van der Waals surface area contributed by atoms with Crippen molar-refractivity contribution in [1.29, 1.82) is 0 Å². The van der Waals surface area contributed by atoms with Gasteiger partial charge in [-0.1, -0.05) is 6.42 Å². The number of likely N-dealkylation sites (tertiary alicyclic amines) is 1. The number of hydrogen-bond acceptors (Lipinski definition) is 5. The minimum absolute atomic E-state index is 0.0837. The first kappa shape index (κ1) is 17.9. The maximum atomic E-state index is 12.6. The van der Waals surface area contributed by atoms with E-state index in [1.54, 1.807) is 25.4 Å². The van der Waals surface area contributed by atoms with Crippen LogP contribution in [0.3, 0.4) is 0 Å². The number of amides is 2. The van der Waals surface area contributed by atoms with Gasteiger partial charge < -0.3 is 24.6 Å². The zero-order valence-electron chi connectivity index (χ0n) is 14.9. The molecular formula is C18H28N4O3. The average Bonchev–Trinajstić information content (AvgIpc) is 2.89. The van der Waals surface area contributed by atoms with Crippen molar-refractivity contribution in [1.82, 2.24) is 14.8 Å². The molecule has 1 aromatic heterocycles. The summed E-state index contributed by atoms with van der Waals surface area (Å²) in [7, 11) is 1.57. The van der Waals surface area contributed by atoms with Gasteiger partial charge in [0, 0.05) is 32.3 Å². The van der Waals surface area contributed by atoms with E-state index >= 15 is 0 Å². The summed E-state index contributed by atoms with van der Waals surface area (Å²) in [5.41, 5.74) is 0.670. The van der Waals surface area contributed by atoms with Crippen LogP contribution in [0.4, 0.5) is 10.5 Å². The lowest BCUT2D eigenvalue weighted by Crippen LogP contribution is -2.45. The van der Waals surface area contributed by atoms with Crippen molar-refractivity contribution >= 4 is 11.7 Å². The molecule has 3 heterocycles. The summed E-state index contributed by atoms with van der Waals surface area (Å²) in [5, 5.41) is 2.91. The Morgan fingerprint density at radius 3 is 2.84 bits per heavy atom. The first-order chi connectivity index (χ1) is 12.2. The van der Waals surface area contributed by atoms with Gasteiger partial charge in [0.05, 0.1) is 25.1 Å². The van der Waals surface area contributed by atoms with Crippen molar-refractivity contribution in [3.8, 4) is 5.88 Å². The summed E-state index contributed by atoms with van der Waals surface area (Å²) >= 11 is 0. The fraction of sp³-hybridized carbons (Fsp3) is 0.667. The van der Waals surface area contributed by atoms with Crippen molar-refractivity contribution in [3.05, 3.63) is 18.3 Å². The maximum absolute atomic E-state index is 12.6. The highest BCUT2D eigenvalue weighted by atomic mass is 16.5. The largest absolute Gasteiger partial charge is 0.481 e. The highest BCUT2D eigenvalue weighted by molar-refractivity contribution is 5.89. The summed E-state index contributed by atoms with van der Waals surface area (Å²) in [6, 6.07) is 3.44. The third-order valence-corrected chi connectivity index (χ3v) is 4.74. The highest BCUT2D eigenvalue weighted by Gasteiger charge is 2.25. The molecule has 0 aromatic carbocycles. The zero-order chi connectivity index (χ0) is 17.5. The first-order valence-corrected chi connectivity index (χ1v) is 9.14. The molecular weight excluding hydrogens is 320 g/mol. The van der Waals surface area contributed by atoms with Crippen LogP contribution in [-0.4, -0.2) is 73.4 Å². The van der Waals surface area contributed by atoms with Crippen molar-refractivity contribution < 1.29 is 14.3 Å². The Morgan fingerprint density at radius 1 is 1.28 bits per heavy atom. The summed E-state index contributed by atoms with van der Waals surface area (Å²) < 4.78 is 11.0. The second-order valence-corrected chi connectivity index (χ2v) is 6.67. The van der Waals surface area contributed by atoms with Gasteiger partial charge in [0.25, 0.3) is 0 Å². The predicted molar refractivity (Wildman–Crippen MR) is 96.0 cm³/mol. The van der Waals surface area contributed by atoms with E-state index in [-0.39, 0.29) is 12.1 Å². The normalized spacial score (nSPS) is 22.3. The van der Waals surface area contributed by atoms with Crippen LogP contribution in [0.2, 0.25) is 0 Å². The molecule has 0 unspecified atom stereocenters. The lowest BCUT2D eigenvalue weighted by Gasteiger charge is -2.31. The summed E-state index contributed by atoms with van der Waals surface area (Å²) in [6.45, 7) is 5.26. The van der Waals surface area contributed by atoms with Gasteiger partial charge >= 0.3 is 6.03 Å². The smallest absolute Gasteiger partial charge is 0.321 e. The lowest BCUT2D eigenvalue weighted by molar-refractivity contribution is 0.0261. The summed E-state index contributed by atoms with van der Waals surface area (Å²) in [4.78, 5) is 21.0. The van der Waals surface area contributed by atoms with Crippen molar-refractivity contribution in [2.45, 2.75) is 31.8 Å². The number of rotatable bonds is 4. The lowest BCUT2D eigenvalue weighted by atomic mass is 10.1. The number of urea groups is 1. The minimum Gasteiger partial charge on any atom is -0.481 e. The number of anilines is 1. The number of piperidine rings is 1. The van der Waals surface area contributed by atoms with E-state index in [9.17, 15) is 4.79 Å². The Balaban J connectivity index is 1.54. The molecule has 0 radical (unpaired) electrons. The Labute approximate surface area is 149 Å². The van der Waals surface area contributed by atoms with Gasteiger partial charge in [-0.05, 0) is 38.4 Å². The molecule has 1 N–H and O–H groups in total. The Morgan fingerprint density at radius 2 is 2.12 bits per heavy atom. The molecule has 7 heteroatoms. The molecule has 2 aliphatic rings. The molecule has 0 bridgehead atoms. The Kier molecular flexibility index (Phi) is 6.47. The molecule has 3 rings (SSSR count). The first-order valence-electron chi connectivity index (χ1n) is 9.14. The van der Waals surface area contributed by atoms with Crippen LogP contribution < -0.4 is 10.1 Å². The monoisotopic (exact) mass is 348 g/mol.